The molecule has 0 saturated carbocycles. The molecule has 0 saturated heterocycles. The molecule has 1 aromatic heterocycles. The fourth-order valence-electron chi connectivity index (χ4n) is 1.45. The molecule has 1 heterocycles. The second-order valence-electron chi connectivity index (χ2n) is 3.70. The predicted octanol–water partition coefficient (Wildman–Crippen LogP) is 0.126. The number of methoxy groups -OCH3 is 3. The zero-order valence-electron chi connectivity index (χ0n) is 13.3. The molecule has 0 amide bonds. The molecule has 0 spiro atoms. The summed E-state index contributed by atoms with van der Waals surface area (Å²) in [6, 6.07) is 0. The van der Waals surface area contributed by atoms with Gasteiger partial charge >= 0.3 is 6.10 Å². The summed E-state index contributed by atoms with van der Waals surface area (Å²) >= 11 is 0. The Morgan fingerprint density at radius 1 is 1.00 bits per heavy atom. The van der Waals surface area contributed by atoms with Gasteiger partial charge < -0.3 is 19.9 Å². The van der Waals surface area contributed by atoms with E-state index in [9.17, 15) is 0 Å². The number of nitrogen functional groups attached to an aromatic ring is 1. The highest BCUT2D eigenvalue weighted by Crippen LogP contribution is 2.18. The lowest BCUT2D eigenvalue weighted by molar-refractivity contribution is -0.333. The number of rotatable bonds is 10. The molecule has 0 bridgehead atoms. The largest absolute Gasteiger partial charge is 0.376 e. The topological polar surface area (TPSA) is 126 Å². The first-order valence-electron chi connectivity index (χ1n) is 6.55. The van der Waals surface area contributed by atoms with Gasteiger partial charge in [-0.2, -0.15) is 15.0 Å². The highest BCUT2D eigenvalue weighted by atomic mass is 16.9. The highest BCUT2D eigenvalue weighted by molar-refractivity contribution is 5.39. The van der Waals surface area contributed by atoms with Gasteiger partial charge in [0.05, 0.1) is 13.2 Å². The van der Waals surface area contributed by atoms with Gasteiger partial charge in [-0.05, 0) is 13.8 Å². The number of aromatic nitrogens is 3. The Morgan fingerprint density at radius 2 is 1.55 bits per heavy atom. The van der Waals surface area contributed by atoms with Crippen LogP contribution < -0.4 is 16.3 Å². The van der Waals surface area contributed by atoms with Gasteiger partial charge in [0.25, 0.3) is 5.95 Å². The van der Waals surface area contributed by atoms with Crippen molar-refractivity contribution in [2.45, 2.75) is 19.9 Å². The van der Waals surface area contributed by atoms with E-state index >= 15 is 0 Å². The average Bonchev–Trinajstić information content (AvgIpc) is 2.52. The molecule has 0 radical (unpaired) electrons. The molecule has 11 heteroatoms. The maximum absolute atomic E-state index is 5.67. The van der Waals surface area contributed by atoms with Crippen LogP contribution in [0.2, 0.25) is 0 Å². The third-order valence-corrected chi connectivity index (χ3v) is 2.37. The van der Waals surface area contributed by atoms with Gasteiger partial charge in [-0.1, -0.05) is 5.23 Å². The molecule has 0 aromatic carbocycles. The molecular formula is C11H22N6O5. The van der Waals surface area contributed by atoms with Crippen LogP contribution in [0.25, 0.3) is 0 Å². The lowest BCUT2D eigenvalue weighted by atomic mass is 10.7. The number of nitrogens with zero attached hydrogens (tertiary/aromatic N) is 4. The summed E-state index contributed by atoms with van der Waals surface area (Å²) in [6.45, 7) is 4.29. The smallest absolute Gasteiger partial charge is 0.368 e. The minimum Gasteiger partial charge on any atom is -0.368 e. The van der Waals surface area contributed by atoms with Gasteiger partial charge in [0.2, 0.25) is 11.9 Å². The molecule has 1 aromatic rings. The number of nitrogens with two attached hydrogens (primary N) is 1. The van der Waals surface area contributed by atoms with Crippen molar-refractivity contribution in [3.05, 3.63) is 0 Å². The molecule has 0 unspecified atom stereocenters. The number of anilines is 3. The van der Waals surface area contributed by atoms with Crippen LogP contribution in [0.3, 0.4) is 0 Å². The van der Waals surface area contributed by atoms with Crippen LogP contribution >= 0.6 is 0 Å². The molecule has 126 valence electrons. The molecule has 22 heavy (non-hydrogen) atoms. The summed E-state index contributed by atoms with van der Waals surface area (Å²) in [4.78, 5) is 22.5. The van der Waals surface area contributed by atoms with E-state index in [4.69, 9.17) is 29.6 Å². The van der Waals surface area contributed by atoms with E-state index in [0.717, 1.165) is 5.23 Å². The van der Waals surface area contributed by atoms with E-state index in [-0.39, 0.29) is 17.8 Å². The van der Waals surface area contributed by atoms with E-state index in [0.29, 0.717) is 13.2 Å². The van der Waals surface area contributed by atoms with Gasteiger partial charge in [0.1, 0.15) is 0 Å². The van der Waals surface area contributed by atoms with Crippen LogP contribution in [0.5, 0.6) is 0 Å². The normalized spacial score (nSPS) is 11.5. The van der Waals surface area contributed by atoms with Crippen molar-refractivity contribution in [3.8, 4) is 0 Å². The lowest BCUT2D eigenvalue weighted by Gasteiger charge is -2.29. The average molecular weight is 318 g/mol. The maximum Gasteiger partial charge on any atom is 0.376 e. The predicted molar refractivity (Wildman–Crippen MR) is 77.4 cm³/mol. The third-order valence-electron chi connectivity index (χ3n) is 2.37. The van der Waals surface area contributed by atoms with Gasteiger partial charge in [-0.25, -0.2) is 9.68 Å². The van der Waals surface area contributed by atoms with Crippen LogP contribution in [0.1, 0.15) is 13.8 Å². The van der Waals surface area contributed by atoms with Crippen molar-refractivity contribution in [1.29, 1.82) is 0 Å². The van der Waals surface area contributed by atoms with Gasteiger partial charge in [0, 0.05) is 21.3 Å². The summed E-state index contributed by atoms with van der Waals surface area (Å²) < 4.78 is 15.3. The first-order valence-corrected chi connectivity index (χ1v) is 6.55. The second-order valence-corrected chi connectivity index (χ2v) is 3.70. The van der Waals surface area contributed by atoms with E-state index in [2.05, 4.69) is 20.3 Å². The quantitative estimate of drug-likeness (QED) is 0.451. The fraction of sp³-hybridized carbons (Fsp3) is 0.727. The first kappa shape index (κ1) is 18.3. The van der Waals surface area contributed by atoms with Crippen LogP contribution in [-0.2, 0) is 23.9 Å². The van der Waals surface area contributed by atoms with Gasteiger partial charge in [-0.15, -0.1) is 0 Å². The number of hydrogen-bond acceptors (Lipinski definition) is 11. The van der Waals surface area contributed by atoms with E-state index in [1.165, 1.54) is 21.3 Å². The zero-order chi connectivity index (χ0) is 16.6. The van der Waals surface area contributed by atoms with Crippen molar-refractivity contribution in [2.75, 3.05) is 50.8 Å². The minimum atomic E-state index is -1.56. The maximum atomic E-state index is 5.67. The summed E-state index contributed by atoms with van der Waals surface area (Å²) in [5, 5.41) is 3.77. The Balaban J connectivity index is 3.07. The molecular weight excluding hydrogens is 296 g/mol. The van der Waals surface area contributed by atoms with E-state index < -0.39 is 6.10 Å². The van der Waals surface area contributed by atoms with Crippen molar-refractivity contribution >= 4 is 17.8 Å². The number of hydrogen-bond donors (Lipinski definition) is 2. The van der Waals surface area contributed by atoms with E-state index in [1.54, 1.807) is 13.8 Å². The van der Waals surface area contributed by atoms with Crippen molar-refractivity contribution in [1.82, 2.24) is 15.0 Å². The van der Waals surface area contributed by atoms with Crippen molar-refractivity contribution in [2.24, 2.45) is 0 Å². The molecule has 3 N–H and O–H groups in total. The second kappa shape index (κ2) is 8.60. The van der Waals surface area contributed by atoms with Gasteiger partial charge in [-0.3, -0.25) is 5.32 Å². The molecule has 11 nitrogen and oxygen atoms in total. The molecule has 0 aliphatic rings. The zero-order valence-corrected chi connectivity index (χ0v) is 13.3. The Labute approximate surface area is 128 Å². The summed E-state index contributed by atoms with van der Waals surface area (Å²) in [5.74, 6) is 0.0717. The Morgan fingerprint density at radius 3 is 2.00 bits per heavy atom. The number of ether oxygens (including phenoxy) is 3. The standard InChI is InChI=1S/C11H22N6O5/c1-6-21-17(22-7-2)10-14-8(12)13-9(15-10)16-11(18-3,19-4)20-5/h6-7H2,1-5H3,(H3,12,13,14,15,16). The van der Waals surface area contributed by atoms with Crippen molar-refractivity contribution in [3.63, 3.8) is 0 Å². The number of nitrogens with one attached hydrogen (secondary N) is 1. The first-order chi connectivity index (χ1) is 10.5. The van der Waals surface area contributed by atoms with E-state index in [1.807, 2.05) is 0 Å². The Hall–Kier alpha value is -1.79. The lowest BCUT2D eigenvalue weighted by Crippen LogP contribution is -2.45. The monoisotopic (exact) mass is 318 g/mol. The van der Waals surface area contributed by atoms with Crippen molar-refractivity contribution < 1.29 is 23.9 Å². The Kier molecular flexibility index (Phi) is 7.14. The molecule has 0 fully saturated rings. The SMILES string of the molecule is CCON(OCC)c1nc(N)nc(NC(OC)(OC)OC)n1. The van der Waals surface area contributed by atoms with Crippen LogP contribution in [0, 0.1) is 0 Å². The van der Waals surface area contributed by atoms with Crippen LogP contribution in [-0.4, -0.2) is 55.6 Å². The molecule has 0 aliphatic carbocycles. The summed E-state index contributed by atoms with van der Waals surface area (Å²) in [7, 11) is 4.16. The van der Waals surface area contributed by atoms with Crippen LogP contribution in [0.15, 0.2) is 0 Å². The Bertz CT molecular complexity index is 444. The third kappa shape index (κ3) is 4.61. The minimum absolute atomic E-state index is 0.0471. The molecule has 1 rings (SSSR count). The molecule has 0 atom stereocenters. The highest BCUT2D eigenvalue weighted by Gasteiger charge is 2.31. The summed E-state index contributed by atoms with van der Waals surface area (Å²) in [6.07, 6.45) is -1.56. The summed E-state index contributed by atoms with van der Waals surface area (Å²) in [5.41, 5.74) is 5.67. The molecule has 0 aliphatic heterocycles. The van der Waals surface area contributed by atoms with Crippen LogP contribution in [0.4, 0.5) is 17.8 Å². The van der Waals surface area contributed by atoms with Gasteiger partial charge in [0.15, 0.2) is 0 Å². The fourth-order valence-corrected chi connectivity index (χ4v) is 1.45.